The van der Waals surface area contributed by atoms with Gasteiger partial charge in [0.05, 0.1) is 18.6 Å². The molecule has 7 nitrogen and oxygen atoms in total. The summed E-state index contributed by atoms with van der Waals surface area (Å²) in [6.07, 6.45) is 1.55. The van der Waals surface area contributed by atoms with Gasteiger partial charge in [-0.15, -0.1) is 0 Å². The summed E-state index contributed by atoms with van der Waals surface area (Å²) in [4.78, 5) is 12.2. The zero-order valence-electron chi connectivity index (χ0n) is 13.9. The second-order valence-corrected chi connectivity index (χ2v) is 5.24. The number of aromatic amines is 1. The van der Waals surface area contributed by atoms with E-state index in [9.17, 15) is 4.79 Å². The average molecular weight is 338 g/mol. The third-order valence-electron chi connectivity index (χ3n) is 3.47. The number of nitrogens with zero attached hydrogens (tertiary/aromatic N) is 2. The normalized spacial score (nSPS) is 11.4. The molecule has 0 fully saturated rings. The lowest BCUT2D eigenvalue weighted by Gasteiger charge is -2.03. The molecule has 0 saturated carbocycles. The molecule has 0 bridgehead atoms. The van der Waals surface area contributed by atoms with E-state index in [2.05, 4.69) is 20.7 Å². The summed E-state index contributed by atoms with van der Waals surface area (Å²) >= 11 is 0. The smallest absolute Gasteiger partial charge is 0.289 e. The quantitative estimate of drug-likeness (QED) is 0.533. The van der Waals surface area contributed by atoms with Crippen molar-refractivity contribution in [2.24, 2.45) is 5.10 Å². The van der Waals surface area contributed by atoms with Gasteiger partial charge in [-0.3, -0.25) is 9.89 Å². The standard InChI is InChI=1S/C18H18N4O3/c1-3-24-14-7-4-6-13(10-14)15-11-16(21-20-15)18(23)22-19-12(2)17-8-5-9-25-17/h4-11H,3H2,1-2H3,(H,20,21)(H,22,23). The first-order valence-corrected chi connectivity index (χ1v) is 7.84. The number of amides is 1. The molecule has 0 aliphatic carbocycles. The summed E-state index contributed by atoms with van der Waals surface area (Å²) in [5.41, 5.74) is 4.87. The van der Waals surface area contributed by atoms with Crippen molar-refractivity contribution in [1.29, 1.82) is 0 Å². The van der Waals surface area contributed by atoms with Crippen LogP contribution in [0.5, 0.6) is 5.75 Å². The van der Waals surface area contributed by atoms with Gasteiger partial charge in [-0.25, -0.2) is 5.43 Å². The molecule has 1 aromatic carbocycles. The summed E-state index contributed by atoms with van der Waals surface area (Å²) in [7, 11) is 0. The molecule has 0 radical (unpaired) electrons. The first-order chi connectivity index (χ1) is 12.2. The van der Waals surface area contributed by atoms with E-state index in [1.54, 1.807) is 31.4 Å². The highest BCUT2D eigenvalue weighted by Crippen LogP contribution is 2.22. The molecule has 0 spiro atoms. The molecule has 2 aromatic heterocycles. The Labute approximate surface area is 144 Å². The summed E-state index contributed by atoms with van der Waals surface area (Å²) in [6, 6.07) is 12.7. The van der Waals surface area contributed by atoms with E-state index < -0.39 is 0 Å². The molecule has 2 heterocycles. The van der Waals surface area contributed by atoms with Gasteiger partial charge in [-0.1, -0.05) is 12.1 Å². The molecule has 1 amide bonds. The molecule has 0 aliphatic rings. The Morgan fingerprint density at radius 3 is 2.96 bits per heavy atom. The summed E-state index contributed by atoms with van der Waals surface area (Å²) in [5, 5.41) is 10.9. The number of benzene rings is 1. The van der Waals surface area contributed by atoms with E-state index in [0.29, 0.717) is 29.5 Å². The minimum atomic E-state index is -0.384. The molecular weight excluding hydrogens is 320 g/mol. The Kier molecular flexibility index (Phi) is 4.94. The third-order valence-corrected chi connectivity index (χ3v) is 3.47. The Bertz CT molecular complexity index is 881. The van der Waals surface area contributed by atoms with E-state index in [-0.39, 0.29) is 5.91 Å². The van der Waals surface area contributed by atoms with Crippen LogP contribution < -0.4 is 10.2 Å². The molecule has 3 aromatic rings. The number of rotatable bonds is 6. The molecule has 0 unspecified atom stereocenters. The first kappa shape index (κ1) is 16.5. The van der Waals surface area contributed by atoms with E-state index in [4.69, 9.17) is 9.15 Å². The van der Waals surface area contributed by atoms with E-state index >= 15 is 0 Å². The molecule has 0 atom stereocenters. The lowest BCUT2D eigenvalue weighted by atomic mass is 10.1. The van der Waals surface area contributed by atoms with Crippen molar-refractivity contribution in [3.8, 4) is 17.0 Å². The van der Waals surface area contributed by atoms with Crippen LogP contribution in [-0.2, 0) is 0 Å². The molecule has 0 saturated heterocycles. The fraction of sp³-hybridized carbons (Fsp3) is 0.167. The zero-order valence-corrected chi connectivity index (χ0v) is 13.9. The van der Waals surface area contributed by atoms with Crippen molar-refractivity contribution in [2.75, 3.05) is 6.61 Å². The molecule has 25 heavy (non-hydrogen) atoms. The van der Waals surface area contributed by atoms with Gasteiger partial charge in [0.15, 0.2) is 0 Å². The van der Waals surface area contributed by atoms with Crippen molar-refractivity contribution in [1.82, 2.24) is 15.6 Å². The predicted molar refractivity (Wildman–Crippen MR) is 93.6 cm³/mol. The summed E-state index contributed by atoms with van der Waals surface area (Å²) in [5.74, 6) is 0.969. The summed E-state index contributed by atoms with van der Waals surface area (Å²) in [6.45, 7) is 4.26. The molecule has 0 aliphatic heterocycles. The van der Waals surface area contributed by atoms with Crippen molar-refractivity contribution in [2.45, 2.75) is 13.8 Å². The Hall–Kier alpha value is -3.35. The van der Waals surface area contributed by atoms with Gasteiger partial charge < -0.3 is 9.15 Å². The van der Waals surface area contributed by atoms with Crippen LogP contribution in [0.4, 0.5) is 0 Å². The lowest BCUT2D eigenvalue weighted by Crippen LogP contribution is -2.19. The minimum absolute atomic E-state index is 0.313. The topological polar surface area (TPSA) is 92.5 Å². The van der Waals surface area contributed by atoms with Gasteiger partial charge in [-0.05, 0) is 44.2 Å². The van der Waals surface area contributed by atoms with Crippen molar-refractivity contribution in [3.63, 3.8) is 0 Å². The number of aromatic nitrogens is 2. The number of hydrogen-bond donors (Lipinski definition) is 2. The van der Waals surface area contributed by atoms with E-state index in [1.165, 1.54) is 0 Å². The number of carbonyl (C=O) groups excluding carboxylic acids is 1. The van der Waals surface area contributed by atoms with Gasteiger partial charge in [-0.2, -0.15) is 10.2 Å². The fourth-order valence-electron chi connectivity index (χ4n) is 2.23. The van der Waals surface area contributed by atoms with Gasteiger partial charge in [0, 0.05) is 5.56 Å². The highest BCUT2D eigenvalue weighted by molar-refractivity contribution is 5.98. The molecule has 2 N–H and O–H groups in total. The van der Waals surface area contributed by atoms with Gasteiger partial charge >= 0.3 is 0 Å². The number of nitrogens with one attached hydrogen (secondary N) is 2. The molecular formula is C18H18N4O3. The van der Waals surface area contributed by atoms with E-state index in [0.717, 1.165) is 11.3 Å². The highest BCUT2D eigenvalue weighted by atomic mass is 16.5. The fourth-order valence-corrected chi connectivity index (χ4v) is 2.23. The predicted octanol–water partition coefficient (Wildman–Crippen LogP) is 3.22. The maximum absolute atomic E-state index is 12.2. The summed E-state index contributed by atoms with van der Waals surface area (Å²) < 4.78 is 10.7. The number of hydrogen-bond acceptors (Lipinski definition) is 5. The molecule has 7 heteroatoms. The number of H-pyrrole nitrogens is 1. The second kappa shape index (κ2) is 7.48. The maximum atomic E-state index is 12.2. The van der Waals surface area contributed by atoms with Crippen LogP contribution in [0.15, 0.2) is 58.2 Å². The largest absolute Gasteiger partial charge is 0.494 e. The Balaban J connectivity index is 1.71. The molecule has 128 valence electrons. The van der Waals surface area contributed by atoms with Crippen molar-refractivity contribution >= 4 is 11.6 Å². The zero-order chi connectivity index (χ0) is 17.6. The SMILES string of the molecule is CCOc1cccc(-c2cc(C(=O)NN=C(C)c3ccco3)[nH]n2)c1. The number of ether oxygens (including phenoxy) is 1. The van der Waals surface area contributed by atoms with Crippen LogP contribution in [0.25, 0.3) is 11.3 Å². The third kappa shape index (κ3) is 3.95. The van der Waals surface area contributed by atoms with Crippen molar-refractivity contribution in [3.05, 3.63) is 60.2 Å². The van der Waals surface area contributed by atoms with Crippen LogP contribution in [0.3, 0.4) is 0 Å². The average Bonchev–Trinajstić information content (AvgIpc) is 3.31. The van der Waals surface area contributed by atoms with Gasteiger partial charge in [0.1, 0.15) is 22.9 Å². The van der Waals surface area contributed by atoms with Crippen LogP contribution >= 0.6 is 0 Å². The van der Waals surface area contributed by atoms with Crippen LogP contribution in [-0.4, -0.2) is 28.4 Å². The van der Waals surface area contributed by atoms with Gasteiger partial charge in [0.25, 0.3) is 5.91 Å². The number of carbonyl (C=O) groups is 1. The number of hydrazone groups is 1. The van der Waals surface area contributed by atoms with Crippen LogP contribution in [0, 0.1) is 0 Å². The second-order valence-electron chi connectivity index (χ2n) is 5.24. The Morgan fingerprint density at radius 1 is 1.32 bits per heavy atom. The van der Waals surface area contributed by atoms with Crippen molar-refractivity contribution < 1.29 is 13.9 Å². The highest BCUT2D eigenvalue weighted by Gasteiger charge is 2.11. The lowest BCUT2D eigenvalue weighted by molar-refractivity contribution is 0.0950. The maximum Gasteiger partial charge on any atom is 0.289 e. The number of furan rings is 1. The first-order valence-electron chi connectivity index (χ1n) is 7.84. The van der Waals surface area contributed by atoms with Crippen LogP contribution in [0.1, 0.15) is 30.1 Å². The van der Waals surface area contributed by atoms with Crippen LogP contribution in [0.2, 0.25) is 0 Å². The Morgan fingerprint density at radius 2 is 2.20 bits per heavy atom. The minimum Gasteiger partial charge on any atom is -0.494 e. The monoisotopic (exact) mass is 338 g/mol. The molecule has 3 rings (SSSR count). The van der Waals surface area contributed by atoms with E-state index in [1.807, 2.05) is 31.2 Å². The van der Waals surface area contributed by atoms with Gasteiger partial charge in [0.2, 0.25) is 0 Å².